The molecule has 2 aromatic rings. The molecule has 0 saturated carbocycles. The molecule has 1 aromatic heterocycles. The van der Waals surface area contributed by atoms with E-state index in [9.17, 15) is 9.59 Å². The molecule has 0 N–H and O–H groups in total. The molecule has 1 aromatic carbocycles. The highest BCUT2D eigenvalue weighted by molar-refractivity contribution is 5.95. The molecule has 0 radical (unpaired) electrons. The van der Waals surface area contributed by atoms with Crippen molar-refractivity contribution in [2.75, 3.05) is 33.2 Å². The highest BCUT2D eigenvalue weighted by atomic mass is 16.4. The van der Waals surface area contributed by atoms with Crippen LogP contribution in [0.5, 0.6) is 0 Å². The zero-order chi connectivity index (χ0) is 19.2. The summed E-state index contributed by atoms with van der Waals surface area (Å²) in [6.45, 7) is 4.95. The molecule has 5 heteroatoms. The maximum absolute atomic E-state index is 12.9. The second kappa shape index (κ2) is 9.00. The number of hydrogen-bond donors (Lipinski definition) is 0. The molecule has 1 fully saturated rings. The normalized spacial score (nSPS) is 15.6. The van der Waals surface area contributed by atoms with Crippen LogP contribution in [0.1, 0.15) is 40.1 Å². The Morgan fingerprint density at radius 2 is 1.85 bits per heavy atom. The lowest BCUT2D eigenvalue weighted by Gasteiger charge is -2.21. The minimum Gasteiger partial charge on any atom is -0.427 e. The van der Waals surface area contributed by atoms with Gasteiger partial charge in [0.05, 0.1) is 0 Å². The summed E-state index contributed by atoms with van der Waals surface area (Å²) in [5, 5.41) is 0. The molecular formula is C22H28N2O3. The van der Waals surface area contributed by atoms with Crippen molar-refractivity contribution in [3.05, 3.63) is 69.3 Å². The molecule has 1 aliphatic rings. The van der Waals surface area contributed by atoms with Crippen molar-refractivity contribution in [3.8, 4) is 0 Å². The molecule has 0 aliphatic carbocycles. The van der Waals surface area contributed by atoms with Crippen molar-refractivity contribution in [3.63, 3.8) is 0 Å². The third-order valence-corrected chi connectivity index (χ3v) is 5.15. The minimum absolute atomic E-state index is 0.186. The van der Waals surface area contributed by atoms with Crippen LogP contribution < -0.4 is 5.63 Å². The lowest BCUT2D eigenvalue weighted by atomic mass is 10.1. The summed E-state index contributed by atoms with van der Waals surface area (Å²) in [7, 11) is 2.05. The molecule has 1 saturated heterocycles. The average Bonchev–Trinajstić information content (AvgIpc) is 2.86. The lowest BCUT2D eigenvalue weighted by molar-refractivity contribution is 0.0757. The topological polar surface area (TPSA) is 53.8 Å². The average molecular weight is 368 g/mol. The Morgan fingerprint density at radius 1 is 1.07 bits per heavy atom. The van der Waals surface area contributed by atoms with Gasteiger partial charge < -0.3 is 14.2 Å². The van der Waals surface area contributed by atoms with Gasteiger partial charge in [0.1, 0.15) is 11.3 Å². The molecular weight excluding hydrogens is 340 g/mol. The number of rotatable bonds is 5. The summed E-state index contributed by atoms with van der Waals surface area (Å²) in [4.78, 5) is 29.3. The zero-order valence-corrected chi connectivity index (χ0v) is 16.2. The maximum Gasteiger partial charge on any atom is 0.349 e. The number of benzene rings is 1. The summed E-state index contributed by atoms with van der Waals surface area (Å²) in [6, 6.07) is 12.1. The Labute approximate surface area is 160 Å². The fraction of sp³-hybridized carbons (Fsp3) is 0.455. The fourth-order valence-corrected chi connectivity index (χ4v) is 3.57. The smallest absolute Gasteiger partial charge is 0.349 e. The van der Waals surface area contributed by atoms with E-state index < -0.39 is 5.63 Å². The van der Waals surface area contributed by atoms with E-state index in [4.69, 9.17) is 4.42 Å². The van der Waals surface area contributed by atoms with Crippen LogP contribution in [0.4, 0.5) is 0 Å². The second-order valence-corrected chi connectivity index (χ2v) is 7.35. The Kier molecular flexibility index (Phi) is 6.45. The molecule has 0 bridgehead atoms. The van der Waals surface area contributed by atoms with Gasteiger partial charge in [0, 0.05) is 26.1 Å². The summed E-state index contributed by atoms with van der Waals surface area (Å²) in [5.74, 6) is 0.452. The molecule has 144 valence electrons. The predicted molar refractivity (Wildman–Crippen MR) is 106 cm³/mol. The number of likely N-dealkylation sites (N-methyl/N-ethyl adjacent to an activating group) is 1. The Balaban J connectivity index is 1.67. The molecule has 0 unspecified atom stereocenters. The monoisotopic (exact) mass is 368 g/mol. The van der Waals surface area contributed by atoms with Crippen LogP contribution in [-0.4, -0.2) is 48.9 Å². The SMILES string of the molecule is Cc1cc(CCCc2ccccc2)oc(=O)c1C(=O)N1CCCN(C)CC1. The lowest BCUT2D eigenvalue weighted by Crippen LogP contribution is -2.37. The van der Waals surface area contributed by atoms with E-state index in [1.807, 2.05) is 31.2 Å². The second-order valence-electron chi connectivity index (χ2n) is 7.35. The first-order chi connectivity index (χ1) is 13.0. The van der Waals surface area contributed by atoms with Crippen molar-refractivity contribution in [2.45, 2.75) is 32.6 Å². The molecule has 1 amide bonds. The van der Waals surface area contributed by atoms with Gasteiger partial charge in [-0.2, -0.15) is 0 Å². The number of amides is 1. The van der Waals surface area contributed by atoms with Crippen molar-refractivity contribution in [2.24, 2.45) is 0 Å². The van der Waals surface area contributed by atoms with Crippen molar-refractivity contribution in [1.29, 1.82) is 0 Å². The van der Waals surface area contributed by atoms with Gasteiger partial charge in [-0.15, -0.1) is 0 Å². The van der Waals surface area contributed by atoms with E-state index in [1.165, 1.54) is 5.56 Å². The third kappa shape index (κ3) is 5.07. The van der Waals surface area contributed by atoms with Gasteiger partial charge in [-0.25, -0.2) is 4.79 Å². The summed E-state index contributed by atoms with van der Waals surface area (Å²) < 4.78 is 5.48. The first-order valence-corrected chi connectivity index (χ1v) is 9.70. The van der Waals surface area contributed by atoms with E-state index in [0.717, 1.165) is 32.4 Å². The number of aryl methyl sites for hydroxylation is 3. The first kappa shape index (κ1) is 19.4. The number of nitrogens with zero attached hydrogens (tertiary/aromatic N) is 2. The van der Waals surface area contributed by atoms with Crippen molar-refractivity contribution in [1.82, 2.24) is 9.80 Å². The first-order valence-electron chi connectivity index (χ1n) is 9.70. The highest BCUT2D eigenvalue weighted by Gasteiger charge is 2.24. The molecule has 0 atom stereocenters. The van der Waals surface area contributed by atoms with Gasteiger partial charge in [0.2, 0.25) is 0 Å². The van der Waals surface area contributed by atoms with Crippen molar-refractivity contribution < 1.29 is 9.21 Å². The quantitative estimate of drug-likeness (QED) is 0.814. The minimum atomic E-state index is -0.507. The van der Waals surface area contributed by atoms with E-state index in [1.54, 1.807) is 4.90 Å². The van der Waals surface area contributed by atoms with Crippen LogP contribution >= 0.6 is 0 Å². The zero-order valence-electron chi connectivity index (χ0n) is 16.2. The van der Waals surface area contributed by atoms with E-state index in [2.05, 4.69) is 24.1 Å². The van der Waals surface area contributed by atoms with Gasteiger partial charge in [0.15, 0.2) is 0 Å². The fourth-order valence-electron chi connectivity index (χ4n) is 3.57. The van der Waals surface area contributed by atoms with Crippen LogP contribution in [0, 0.1) is 6.92 Å². The van der Waals surface area contributed by atoms with Gasteiger partial charge >= 0.3 is 5.63 Å². The molecule has 2 heterocycles. The molecule has 0 spiro atoms. The van der Waals surface area contributed by atoms with Crippen LogP contribution in [0.15, 0.2) is 45.6 Å². The summed E-state index contributed by atoms with van der Waals surface area (Å²) in [6.07, 6.45) is 3.45. The maximum atomic E-state index is 12.9. The highest BCUT2D eigenvalue weighted by Crippen LogP contribution is 2.14. The van der Waals surface area contributed by atoms with E-state index in [0.29, 0.717) is 30.8 Å². The van der Waals surface area contributed by atoms with E-state index in [-0.39, 0.29) is 11.5 Å². The molecule has 5 nitrogen and oxygen atoms in total. The van der Waals surface area contributed by atoms with Crippen LogP contribution in [-0.2, 0) is 12.8 Å². The van der Waals surface area contributed by atoms with Crippen LogP contribution in [0.25, 0.3) is 0 Å². The van der Waals surface area contributed by atoms with Gasteiger partial charge in [-0.1, -0.05) is 30.3 Å². The van der Waals surface area contributed by atoms with Crippen LogP contribution in [0.3, 0.4) is 0 Å². The third-order valence-electron chi connectivity index (χ3n) is 5.15. The number of carbonyl (C=O) groups is 1. The van der Waals surface area contributed by atoms with Gasteiger partial charge in [-0.05, 0) is 57.0 Å². The largest absolute Gasteiger partial charge is 0.427 e. The molecule has 3 rings (SSSR count). The van der Waals surface area contributed by atoms with Gasteiger partial charge in [-0.3, -0.25) is 4.79 Å². The summed E-state index contributed by atoms with van der Waals surface area (Å²) in [5.41, 5.74) is 1.66. The Morgan fingerprint density at radius 3 is 2.59 bits per heavy atom. The number of carbonyl (C=O) groups excluding carboxylic acids is 1. The Bertz CT molecular complexity index is 829. The van der Waals surface area contributed by atoms with Crippen LogP contribution in [0.2, 0.25) is 0 Å². The Hall–Kier alpha value is -2.40. The van der Waals surface area contributed by atoms with Crippen molar-refractivity contribution >= 4 is 5.91 Å². The van der Waals surface area contributed by atoms with Gasteiger partial charge in [0.25, 0.3) is 5.91 Å². The standard InChI is InChI=1S/C22H28N2O3/c1-17-16-19(11-6-10-18-8-4-3-5-9-18)27-22(26)20(17)21(25)24-13-7-12-23(2)14-15-24/h3-5,8-9,16H,6-7,10-15H2,1-2H3. The predicted octanol–water partition coefficient (Wildman–Crippen LogP) is 2.90. The molecule has 27 heavy (non-hydrogen) atoms. The number of hydrogen-bond acceptors (Lipinski definition) is 4. The van der Waals surface area contributed by atoms with E-state index >= 15 is 0 Å². The molecule has 1 aliphatic heterocycles. The summed E-state index contributed by atoms with van der Waals surface area (Å²) >= 11 is 0.